The molecule has 5 nitrogen and oxygen atoms in total. The Labute approximate surface area is 86.5 Å². The average molecular weight is 202 g/mol. The third kappa shape index (κ3) is 1.71. The smallest absolute Gasteiger partial charge is 0.152 e. The van der Waals surface area contributed by atoms with E-state index in [1.165, 1.54) is 0 Å². The van der Waals surface area contributed by atoms with E-state index < -0.39 is 0 Å². The molecule has 1 heterocycles. The topological polar surface area (TPSA) is 73.8 Å². The van der Waals surface area contributed by atoms with Gasteiger partial charge in [0, 0.05) is 11.3 Å². The molecule has 0 aliphatic rings. The van der Waals surface area contributed by atoms with Crippen molar-refractivity contribution < 1.29 is 4.79 Å². The second-order valence-electron chi connectivity index (χ2n) is 3.17. The molecule has 0 bridgehead atoms. The fraction of sp³-hybridized carbons (Fsp3) is 0.100. The Morgan fingerprint density at radius 2 is 2.27 bits per heavy atom. The van der Waals surface area contributed by atoms with Crippen LogP contribution in [0.5, 0.6) is 0 Å². The molecule has 0 spiro atoms. The summed E-state index contributed by atoms with van der Waals surface area (Å²) >= 11 is 0. The highest BCUT2D eigenvalue weighted by molar-refractivity contribution is 5.82. The van der Waals surface area contributed by atoms with Gasteiger partial charge in [0.1, 0.15) is 12.2 Å². The molecule has 0 unspecified atom stereocenters. The largest absolute Gasteiger partial charge is 0.399 e. The lowest BCUT2D eigenvalue weighted by atomic mass is 10.2. The molecule has 76 valence electrons. The molecule has 2 N–H and O–H groups in total. The van der Waals surface area contributed by atoms with Crippen molar-refractivity contribution in [1.29, 1.82) is 0 Å². The number of carbonyl (C=O) groups excluding carboxylic acids is 1. The van der Waals surface area contributed by atoms with Crippen LogP contribution in [0.1, 0.15) is 16.2 Å². The van der Waals surface area contributed by atoms with Gasteiger partial charge < -0.3 is 5.73 Å². The van der Waals surface area contributed by atoms with Crippen LogP contribution in [0.3, 0.4) is 0 Å². The zero-order valence-electron chi connectivity index (χ0n) is 8.21. The Bertz CT molecular complexity index is 504. The molecule has 5 heteroatoms. The van der Waals surface area contributed by atoms with E-state index >= 15 is 0 Å². The first-order chi connectivity index (χ1) is 7.20. The Morgan fingerprint density at radius 1 is 1.47 bits per heavy atom. The molecule has 0 atom stereocenters. The second-order valence-corrected chi connectivity index (χ2v) is 3.17. The SMILES string of the molecule is Cc1ncn(-c2ccc(N)cc2C=O)n1. The summed E-state index contributed by atoms with van der Waals surface area (Å²) in [7, 11) is 0. The van der Waals surface area contributed by atoms with Crippen LogP contribution in [0.4, 0.5) is 5.69 Å². The third-order valence-corrected chi connectivity index (χ3v) is 2.03. The fourth-order valence-corrected chi connectivity index (χ4v) is 1.34. The molecular formula is C10H10N4O. The number of nitrogen functional groups attached to an aromatic ring is 1. The van der Waals surface area contributed by atoms with Gasteiger partial charge in [-0.05, 0) is 25.1 Å². The Kier molecular flexibility index (Phi) is 2.21. The molecular weight excluding hydrogens is 192 g/mol. The average Bonchev–Trinajstić information content (AvgIpc) is 2.64. The maximum absolute atomic E-state index is 10.8. The number of carbonyl (C=O) groups is 1. The minimum atomic E-state index is 0.500. The highest BCUT2D eigenvalue weighted by Crippen LogP contribution is 2.15. The molecule has 2 aromatic rings. The predicted molar refractivity (Wildman–Crippen MR) is 55.9 cm³/mol. The van der Waals surface area contributed by atoms with E-state index in [0.717, 1.165) is 6.29 Å². The summed E-state index contributed by atoms with van der Waals surface area (Å²) in [6, 6.07) is 5.08. The fourth-order valence-electron chi connectivity index (χ4n) is 1.34. The van der Waals surface area contributed by atoms with Crippen molar-refractivity contribution in [3.8, 4) is 5.69 Å². The predicted octanol–water partition coefficient (Wildman–Crippen LogP) is 0.970. The van der Waals surface area contributed by atoms with Crippen LogP contribution < -0.4 is 5.73 Å². The van der Waals surface area contributed by atoms with Crippen LogP contribution in [0, 0.1) is 6.92 Å². The van der Waals surface area contributed by atoms with Crippen molar-refractivity contribution in [1.82, 2.24) is 14.8 Å². The summed E-state index contributed by atoms with van der Waals surface area (Å²) in [6.45, 7) is 1.79. The normalized spacial score (nSPS) is 10.2. The number of nitrogens with zero attached hydrogens (tertiary/aromatic N) is 3. The van der Waals surface area contributed by atoms with Gasteiger partial charge in [-0.2, -0.15) is 5.10 Å². The van der Waals surface area contributed by atoms with E-state index in [1.807, 2.05) is 0 Å². The minimum Gasteiger partial charge on any atom is -0.399 e. The molecule has 1 aromatic carbocycles. The standard InChI is InChI=1S/C10H10N4O/c1-7-12-6-14(13-7)10-3-2-9(11)4-8(10)5-15/h2-6H,11H2,1H3. The van der Waals surface area contributed by atoms with Crippen molar-refractivity contribution in [2.24, 2.45) is 0 Å². The number of benzene rings is 1. The van der Waals surface area contributed by atoms with E-state index in [1.54, 1.807) is 36.1 Å². The number of aldehydes is 1. The van der Waals surface area contributed by atoms with E-state index in [-0.39, 0.29) is 0 Å². The molecule has 15 heavy (non-hydrogen) atoms. The molecule has 0 saturated carbocycles. The highest BCUT2D eigenvalue weighted by Gasteiger charge is 2.05. The Hall–Kier alpha value is -2.17. The van der Waals surface area contributed by atoms with Crippen LogP contribution in [0.25, 0.3) is 5.69 Å². The monoisotopic (exact) mass is 202 g/mol. The van der Waals surface area contributed by atoms with Gasteiger partial charge in [0.05, 0.1) is 5.69 Å². The first kappa shape index (κ1) is 9.39. The lowest BCUT2D eigenvalue weighted by Gasteiger charge is -2.04. The number of anilines is 1. The summed E-state index contributed by atoms with van der Waals surface area (Å²) in [5, 5.41) is 4.13. The molecule has 0 saturated heterocycles. The maximum Gasteiger partial charge on any atom is 0.152 e. The van der Waals surface area contributed by atoms with Crippen molar-refractivity contribution >= 4 is 12.0 Å². The zero-order valence-corrected chi connectivity index (χ0v) is 8.21. The van der Waals surface area contributed by atoms with Crippen LogP contribution in [0.2, 0.25) is 0 Å². The van der Waals surface area contributed by atoms with Gasteiger partial charge >= 0.3 is 0 Å². The van der Waals surface area contributed by atoms with Crippen LogP contribution >= 0.6 is 0 Å². The van der Waals surface area contributed by atoms with Gasteiger partial charge in [-0.1, -0.05) is 0 Å². The van der Waals surface area contributed by atoms with Gasteiger partial charge in [0.2, 0.25) is 0 Å². The molecule has 0 aliphatic heterocycles. The second kappa shape index (κ2) is 3.53. The molecule has 1 aromatic heterocycles. The zero-order chi connectivity index (χ0) is 10.8. The third-order valence-electron chi connectivity index (χ3n) is 2.03. The first-order valence-electron chi connectivity index (χ1n) is 4.44. The maximum atomic E-state index is 10.8. The van der Waals surface area contributed by atoms with Gasteiger partial charge in [0.25, 0.3) is 0 Å². The van der Waals surface area contributed by atoms with Crippen LogP contribution in [-0.2, 0) is 0 Å². The molecule has 2 rings (SSSR count). The van der Waals surface area contributed by atoms with Crippen molar-refractivity contribution in [3.63, 3.8) is 0 Å². The Morgan fingerprint density at radius 3 is 2.87 bits per heavy atom. The summed E-state index contributed by atoms with van der Waals surface area (Å²) < 4.78 is 1.55. The summed E-state index contributed by atoms with van der Waals surface area (Å²) in [5.41, 5.74) is 7.32. The number of hydrogen-bond acceptors (Lipinski definition) is 4. The van der Waals surface area contributed by atoms with Gasteiger partial charge in [0.15, 0.2) is 6.29 Å². The van der Waals surface area contributed by atoms with E-state index in [9.17, 15) is 4.79 Å². The van der Waals surface area contributed by atoms with Crippen molar-refractivity contribution in [2.45, 2.75) is 6.92 Å². The summed E-state index contributed by atoms with van der Waals surface area (Å²) in [5.74, 6) is 0.656. The van der Waals surface area contributed by atoms with E-state index in [4.69, 9.17) is 5.73 Å². The van der Waals surface area contributed by atoms with E-state index in [0.29, 0.717) is 22.8 Å². The molecule has 0 aliphatic carbocycles. The van der Waals surface area contributed by atoms with E-state index in [2.05, 4.69) is 10.1 Å². The molecule has 0 amide bonds. The van der Waals surface area contributed by atoms with Gasteiger partial charge in [-0.25, -0.2) is 9.67 Å². The summed E-state index contributed by atoms with van der Waals surface area (Å²) in [6.07, 6.45) is 2.32. The molecule has 0 fully saturated rings. The minimum absolute atomic E-state index is 0.500. The first-order valence-corrected chi connectivity index (χ1v) is 4.44. The lowest BCUT2D eigenvalue weighted by Crippen LogP contribution is -2.01. The van der Waals surface area contributed by atoms with Crippen LogP contribution in [0.15, 0.2) is 24.5 Å². The number of rotatable bonds is 2. The number of aromatic nitrogens is 3. The Balaban J connectivity index is 2.57. The number of aryl methyl sites for hydroxylation is 1. The van der Waals surface area contributed by atoms with Crippen molar-refractivity contribution in [2.75, 3.05) is 5.73 Å². The van der Waals surface area contributed by atoms with Crippen molar-refractivity contribution in [3.05, 3.63) is 35.9 Å². The number of nitrogens with two attached hydrogens (primary N) is 1. The number of hydrogen-bond donors (Lipinski definition) is 1. The summed E-state index contributed by atoms with van der Waals surface area (Å²) in [4.78, 5) is 14.8. The molecule has 0 radical (unpaired) electrons. The highest BCUT2D eigenvalue weighted by atomic mass is 16.1. The lowest BCUT2D eigenvalue weighted by molar-refractivity contribution is 0.112. The van der Waals surface area contributed by atoms with Gasteiger partial charge in [-0.15, -0.1) is 0 Å². The van der Waals surface area contributed by atoms with Crippen LogP contribution in [-0.4, -0.2) is 21.1 Å². The van der Waals surface area contributed by atoms with Gasteiger partial charge in [-0.3, -0.25) is 4.79 Å². The quantitative estimate of drug-likeness (QED) is 0.581.